The van der Waals surface area contributed by atoms with Gasteiger partial charge in [0.05, 0.1) is 17.3 Å². The summed E-state index contributed by atoms with van der Waals surface area (Å²) in [4.78, 5) is 32.9. The van der Waals surface area contributed by atoms with Crippen LogP contribution in [0.2, 0.25) is 0 Å². The molecule has 1 N–H and O–H groups in total. The second-order valence-electron chi connectivity index (χ2n) is 9.97. The van der Waals surface area contributed by atoms with Gasteiger partial charge in [-0.25, -0.2) is 9.37 Å². The van der Waals surface area contributed by atoms with E-state index in [1.54, 1.807) is 29.7 Å². The molecular weight excluding hydrogens is 586 g/mol. The number of hydrogen-bond acceptors (Lipinski definition) is 8. The molecule has 1 atom stereocenters. The number of rotatable bonds is 6. The van der Waals surface area contributed by atoms with E-state index in [0.717, 1.165) is 16.3 Å². The molecule has 1 unspecified atom stereocenters. The van der Waals surface area contributed by atoms with E-state index >= 15 is 0 Å². The Morgan fingerprint density at radius 2 is 1.74 bits per heavy atom. The van der Waals surface area contributed by atoms with Crippen molar-refractivity contribution in [3.63, 3.8) is 0 Å². The minimum absolute atomic E-state index is 0.134. The minimum atomic E-state index is -1.06. The van der Waals surface area contributed by atoms with Gasteiger partial charge in [-0.1, -0.05) is 83.8 Å². The molecule has 7 rings (SSSR count). The number of carbonyl (C=O) groups is 2. The van der Waals surface area contributed by atoms with E-state index in [1.165, 1.54) is 52.3 Å². The molecule has 4 heterocycles. The third-order valence-electron chi connectivity index (χ3n) is 7.39. The van der Waals surface area contributed by atoms with Crippen molar-refractivity contribution in [1.82, 2.24) is 19.6 Å². The molecule has 1 amide bonds. The van der Waals surface area contributed by atoms with Gasteiger partial charge in [0.25, 0.3) is 5.78 Å². The highest BCUT2D eigenvalue weighted by Crippen LogP contribution is 2.44. The molecule has 3 aromatic heterocycles. The molecule has 6 aromatic rings. The Kier molecular flexibility index (Phi) is 6.75. The van der Waals surface area contributed by atoms with Crippen molar-refractivity contribution < 1.29 is 19.1 Å². The number of aliphatic hydroxyl groups excluding tert-OH is 1. The topological polar surface area (TPSA) is 101 Å². The highest BCUT2D eigenvalue weighted by atomic mass is 32.2. The summed E-state index contributed by atoms with van der Waals surface area (Å²) in [6, 6.07) is 24.1. The first-order valence-electron chi connectivity index (χ1n) is 13.3. The zero-order chi connectivity index (χ0) is 29.7. The van der Waals surface area contributed by atoms with Crippen molar-refractivity contribution in [2.24, 2.45) is 0 Å². The van der Waals surface area contributed by atoms with Gasteiger partial charge in [0.1, 0.15) is 17.2 Å². The van der Waals surface area contributed by atoms with E-state index < -0.39 is 23.5 Å². The van der Waals surface area contributed by atoms with Gasteiger partial charge in [0.2, 0.25) is 5.13 Å². The quantitative estimate of drug-likeness (QED) is 0.0739. The summed E-state index contributed by atoms with van der Waals surface area (Å²) in [6.45, 7) is 1.72. The number of carbonyl (C=O) groups excluding carboxylic acids is 2. The Hall–Kier alpha value is -4.87. The molecule has 212 valence electrons. The van der Waals surface area contributed by atoms with Gasteiger partial charge in [0.15, 0.2) is 10.1 Å². The number of nitrogens with zero attached hydrogens (tertiary/aromatic N) is 5. The lowest BCUT2D eigenvalue weighted by atomic mass is 9.96. The number of amides is 1. The molecular formula is C32H22FN5O3S2. The van der Waals surface area contributed by atoms with Crippen molar-refractivity contribution in [2.75, 3.05) is 4.90 Å². The minimum Gasteiger partial charge on any atom is -0.505 e. The molecule has 43 heavy (non-hydrogen) atoms. The number of hydrogen-bond donors (Lipinski definition) is 1. The third-order valence-corrected chi connectivity index (χ3v) is 9.50. The number of thioether (sulfide) groups is 1. The van der Waals surface area contributed by atoms with Gasteiger partial charge in [-0.15, -0.1) is 10.2 Å². The number of ketones is 1. The van der Waals surface area contributed by atoms with Gasteiger partial charge in [0, 0.05) is 11.9 Å². The van der Waals surface area contributed by atoms with Crippen LogP contribution in [0.3, 0.4) is 0 Å². The maximum atomic E-state index is 13.9. The van der Waals surface area contributed by atoms with Crippen LogP contribution in [-0.2, 0) is 15.3 Å². The number of halogens is 1. The monoisotopic (exact) mass is 607 g/mol. The van der Waals surface area contributed by atoms with Gasteiger partial charge >= 0.3 is 5.91 Å². The van der Waals surface area contributed by atoms with Crippen LogP contribution >= 0.6 is 23.1 Å². The first kappa shape index (κ1) is 27.0. The van der Waals surface area contributed by atoms with Crippen LogP contribution < -0.4 is 4.90 Å². The summed E-state index contributed by atoms with van der Waals surface area (Å²) >= 11 is 2.65. The Morgan fingerprint density at radius 3 is 2.58 bits per heavy atom. The zero-order valence-corrected chi connectivity index (χ0v) is 24.3. The fraction of sp³-hybridized carbons (Fsp3) is 0.0938. The van der Waals surface area contributed by atoms with Gasteiger partial charge < -0.3 is 5.11 Å². The predicted molar refractivity (Wildman–Crippen MR) is 165 cm³/mol. The summed E-state index contributed by atoms with van der Waals surface area (Å²) in [5.41, 5.74) is 2.79. The second kappa shape index (κ2) is 10.8. The van der Waals surface area contributed by atoms with E-state index in [2.05, 4.69) is 39.4 Å². The van der Waals surface area contributed by atoms with Crippen molar-refractivity contribution in [3.8, 4) is 0 Å². The molecule has 0 spiro atoms. The summed E-state index contributed by atoms with van der Waals surface area (Å²) < 4.78 is 16.2. The Balaban J connectivity index is 1.29. The lowest BCUT2D eigenvalue weighted by molar-refractivity contribution is -0.132. The number of benzene rings is 3. The van der Waals surface area contributed by atoms with Gasteiger partial charge in [-0.2, -0.15) is 0 Å². The van der Waals surface area contributed by atoms with E-state index in [1.807, 2.05) is 24.3 Å². The number of aromatic nitrogens is 4. The van der Waals surface area contributed by atoms with Gasteiger partial charge in [-0.05, 0) is 53.1 Å². The Labute approximate surface area is 253 Å². The normalized spacial score (nSPS) is 16.5. The molecule has 0 aliphatic carbocycles. The number of aliphatic hydroxyl groups is 1. The van der Waals surface area contributed by atoms with Crippen molar-refractivity contribution in [1.29, 1.82) is 0 Å². The number of anilines is 1. The van der Waals surface area contributed by atoms with Crippen LogP contribution in [0.15, 0.2) is 101 Å². The molecule has 0 saturated carbocycles. The SMILES string of the molecule is Cc1nc2ccccn2c1C(O)=C1C(=O)C(=O)N(c2nnc(SCc3cccc4ccccc34)s2)C1c1ccc(F)cc1. The lowest BCUT2D eigenvalue weighted by Crippen LogP contribution is -2.29. The van der Waals surface area contributed by atoms with Crippen LogP contribution in [0.4, 0.5) is 9.52 Å². The Morgan fingerprint density at radius 1 is 0.977 bits per heavy atom. The van der Waals surface area contributed by atoms with Crippen molar-refractivity contribution >= 4 is 62.1 Å². The number of fused-ring (bicyclic) bond motifs is 2. The molecule has 0 bridgehead atoms. The molecule has 11 heteroatoms. The molecule has 1 aliphatic heterocycles. The molecule has 0 radical (unpaired) electrons. The molecule has 8 nitrogen and oxygen atoms in total. The first-order chi connectivity index (χ1) is 20.9. The summed E-state index contributed by atoms with van der Waals surface area (Å²) in [7, 11) is 0. The highest BCUT2D eigenvalue weighted by molar-refractivity contribution is 8.00. The van der Waals surface area contributed by atoms with Crippen molar-refractivity contribution in [2.45, 2.75) is 23.1 Å². The number of aryl methyl sites for hydroxylation is 1. The smallest absolute Gasteiger partial charge is 0.301 e. The number of pyridine rings is 1. The van der Waals surface area contributed by atoms with Gasteiger partial charge in [-0.3, -0.25) is 18.9 Å². The van der Waals surface area contributed by atoms with E-state index in [4.69, 9.17) is 0 Å². The Bertz CT molecular complexity index is 2080. The standard InChI is InChI=1S/C32H22FN5O3S2/c1-18-26(37-16-5-4-11-24(37)34-18)28(39)25-27(20-12-14-22(33)15-13-20)38(30(41)29(25)40)31-35-36-32(43-31)42-17-21-9-6-8-19-7-2-3-10-23(19)21/h2-16,27,39H,17H2,1H3. The van der Waals surface area contributed by atoms with Crippen molar-refractivity contribution in [3.05, 3.63) is 125 Å². The van der Waals surface area contributed by atoms with Crippen LogP contribution in [0.25, 0.3) is 22.2 Å². The zero-order valence-electron chi connectivity index (χ0n) is 22.6. The maximum Gasteiger partial charge on any atom is 0.301 e. The van der Waals surface area contributed by atoms with E-state index in [-0.39, 0.29) is 16.5 Å². The van der Waals surface area contributed by atoms with Crippen LogP contribution in [-0.4, -0.2) is 36.4 Å². The van der Waals surface area contributed by atoms with E-state index in [9.17, 15) is 19.1 Å². The fourth-order valence-electron chi connectivity index (χ4n) is 5.43. The summed E-state index contributed by atoms with van der Waals surface area (Å²) in [5, 5.41) is 22.7. The largest absolute Gasteiger partial charge is 0.505 e. The highest BCUT2D eigenvalue weighted by Gasteiger charge is 2.48. The first-order valence-corrected chi connectivity index (χ1v) is 15.1. The molecule has 1 aliphatic rings. The number of Topliss-reactive ketones (excluding diaryl/α,β-unsaturated/α-hetero) is 1. The van der Waals surface area contributed by atoms with E-state index in [0.29, 0.717) is 32.7 Å². The number of imidazole rings is 1. The van der Waals surface area contributed by atoms with Crippen LogP contribution in [0.5, 0.6) is 0 Å². The maximum absolute atomic E-state index is 13.9. The summed E-state index contributed by atoms with van der Waals surface area (Å²) in [5.74, 6) is -1.95. The molecule has 3 aromatic carbocycles. The van der Waals surface area contributed by atoms with Crippen LogP contribution in [0.1, 0.15) is 28.6 Å². The average Bonchev–Trinajstić information content (AvgIpc) is 3.69. The predicted octanol–water partition coefficient (Wildman–Crippen LogP) is 6.71. The lowest BCUT2D eigenvalue weighted by Gasteiger charge is -2.22. The van der Waals surface area contributed by atoms with Crippen LogP contribution in [0, 0.1) is 12.7 Å². The fourth-order valence-corrected chi connectivity index (χ4v) is 7.30. The second-order valence-corrected chi connectivity index (χ2v) is 12.2. The summed E-state index contributed by atoms with van der Waals surface area (Å²) in [6.07, 6.45) is 1.72. The third kappa shape index (κ3) is 4.66. The average molecular weight is 608 g/mol. The molecule has 1 fully saturated rings. The molecule has 1 saturated heterocycles.